The molecular formula is C22H33NO2. The highest BCUT2D eigenvalue weighted by Gasteiger charge is 2.56. The number of rotatable bonds is 3. The molecule has 0 aliphatic heterocycles. The zero-order valence-electron chi connectivity index (χ0n) is 16.1. The summed E-state index contributed by atoms with van der Waals surface area (Å²) >= 11 is 0. The molecule has 0 heterocycles. The van der Waals surface area contributed by atoms with Gasteiger partial charge in [0, 0.05) is 18.1 Å². The Morgan fingerprint density at radius 2 is 2.08 bits per heavy atom. The van der Waals surface area contributed by atoms with Crippen LogP contribution in [-0.4, -0.2) is 20.0 Å². The molecule has 0 unspecified atom stereocenters. The molecule has 3 nitrogen and oxygen atoms in total. The van der Waals surface area contributed by atoms with E-state index in [0.29, 0.717) is 24.2 Å². The van der Waals surface area contributed by atoms with Crippen LogP contribution in [0.5, 0.6) is 0 Å². The second-order valence-corrected chi connectivity index (χ2v) is 9.72. The fourth-order valence-corrected chi connectivity index (χ4v) is 7.13. The highest BCUT2D eigenvalue weighted by Crippen LogP contribution is 2.64. The largest absolute Gasteiger partial charge is 0.359 e. The Labute approximate surface area is 152 Å². The molecule has 4 aliphatic rings. The van der Waals surface area contributed by atoms with Gasteiger partial charge in [-0.2, -0.15) is 5.26 Å². The molecule has 0 saturated heterocycles. The third-order valence-corrected chi connectivity index (χ3v) is 8.51. The summed E-state index contributed by atoms with van der Waals surface area (Å²) in [5.74, 6) is 3.24. The van der Waals surface area contributed by atoms with E-state index >= 15 is 0 Å². The lowest BCUT2D eigenvalue weighted by Gasteiger charge is -2.58. The molecule has 3 saturated carbocycles. The summed E-state index contributed by atoms with van der Waals surface area (Å²) in [7, 11) is 1.71. The molecule has 0 bridgehead atoms. The van der Waals surface area contributed by atoms with Gasteiger partial charge in [0.15, 0.2) is 0 Å². The van der Waals surface area contributed by atoms with Gasteiger partial charge in [0.1, 0.15) is 6.79 Å². The molecule has 3 fully saturated rings. The summed E-state index contributed by atoms with van der Waals surface area (Å²) < 4.78 is 11.1. The number of allylic oxidation sites excluding steroid dienone is 2. The fraction of sp³-hybridized carbons (Fsp3) is 0.864. The predicted molar refractivity (Wildman–Crippen MR) is 97.6 cm³/mol. The van der Waals surface area contributed by atoms with Gasteiger partial charge < -0.3 is 9.47 Å². The third kappa shape index (κ3) is 2.77. The van der Waals surface area contributed by atoms with Crippen LogP contribution in [0.4, 0.5) is 0 Å². The lowest BCUT2D eigenvalue weighted by atomic mass is 9.47. The molecule has 4 rings (SSSR count). The Bertz CT molecular complexity index is 593. The van der Waals surface area contributed by atoms with Gasteiger partial charge in [0.05, 0.1) is 12.2 Å². The van der Waals surface area contributed by atoms with Gasteiger partial charge in [-0.3, -0.25) is 0 Å². The minimum Gasteiger partial charge on any atom is -0.359 e. The van der Waals surface area contributed by atoms with Crippen molar-refractivity contribution in [3.05, 3.63) is 11.6 Å². The smallest absolute Gasteiger partial charge is 0.146 e. The maximum absolute atomic E-state index is 9.55. The van der Waals surface area contributed by atoms with Crippen molar-refractivity contribution in [2.24, 2.45) is 34.5 Å². The lowest BCUT2D eigenvalue weighted by molar-refractivity contribution is -0.135. The Kier molecular flexibility index (Phi) is 4.49. The quantitative estimate of drug-likeness (QED) is 0.671. The third-order valence-electron chi connectivity index (χ3n) is 8.51. The molecule has 138 valence electrons. The van der Waals surface area contributed by atoms with Crippen LogP contribution in [0.1, 0.15) is 65.2 Å². The van der Waals surface area contributed by atoms with Gasteiger partial charge in [-0.1, -0.05) is 19.9 Å². The maximum Gasteiger partial charge on any atom is 0.146 e. The van der Waals surface area contributed by atoms with E-state index in [1.165, 1.54) is 44.9 Å². The molecule has 3 heteroatoms. The molecule has 25 heavy (non-hydrogen) atoms. The summed E-state index contributed by atoms with van der Waals surface area (Å²) in [5.41, 5.74) is 1.69. The van der Waals surface area contributed by atoms with Crippen LogP contribution in [0.15, 0.2) is 11.6 Å². The van der Waals surface area contributed by atoms with Crippen molar-refractivity contribution in [1.29, 1.82) is 5.26 Å². The zero-order valence-corrected chi connectivity index (χ0v) is 16.1. The Balaban J connectivity index is 1.49. The van der Waals surface area contributed by atoms with Crippen LogP contribution in [0.3, 0.4) is 0 Å². The summed E-state index contributed by atoms with van der Waals surface area (Å²) in [6.45, 7) is 5.33. The highest BCUT2D eigenvalue weighted by molar-refractivity contribution is 5.35. The van der Waals surface area contributed by atoms with Crippen molar-refractivity contribution < 1.29 is 9.47 Å². The van der Waals surface area contributed by atoms with Gasteiger partial charge in [0.2, 0.25) is 0 Å². The summed E-state index contributed by atoms with van der Waals surface area (Å²) in [4.78, 5) is 0. The van der Waals surface area contributed by atoms with Crippen LogP contribution < -0.4 is 0 Å². The fourth-order valence-electron chi connectivity index (χ4n) is 7.13. The number of nitriles is 1. The molecule has 7 atom stereocenters. The molecule has 0 amide bonds. The van der Waals surface area contributed by atoms with Crippen LogP contribution >= 0.6 is 0 Å². The van der Waals surface area contributed by atoms with Crippen molar-refractivity contribution in [2.45, 2.75) is 71.3 Å². The first-order valence-electron chi connectivity index (χ1n) is 10.2. The predicted octanol–water partition coefficient (Wildman–Crippen LogP) is 5.08. The van der Waals surface area contributed by atoms with E-state index in [1.54, 1.807) is 7.11 Å². The number of fused-ring (bicyclic) bond motifs is 4. The number of hydrogen-bond donors (Lipinski definition) is 0. The summed E-state index contributed by atoms with van der Waals surface area (Å²) in [6.07, 6.45) is 12.7. The van der Waals surface area contributed by atoms with Gasteiger partial charge in [-0.15, -0.1) is 0 Å². The van der Waals surface area contributed by atoms with E-state index in [1.807, 2.05) is 0 Å². The van der Waals surface area contributed by atoms with Gasteiger partial charge in [-0.05, 0) is 80.5 Å². The van der Waals surface area contributed by atoms with E-state index in [4.69, 9.17) is 9.47 Å². The molecule has 0 radical (unpaired) electrons. The van der Waals surface area contributed by atoms with E-state index < -0.39 is 0 Å². The van der Waals surface area contributed by atoms with Crippen molar-refractivity contribution in [1.82, 2.24) is 0 Å². The molecule has 0 aromatic heterocycles. The molecule has 4 aliphatic carbocycles. The zero-order chi connectivity index (χ0) is 17.7. The number of hydrogen-bond acceptors (Lipinski definition) is 3. The highest BCUT2D eigenvalue weighted by atomic mass is 16.7. The van der Waals surface area contributed by atoms with Crippen LogP contribution in [0.25, 0.3) is 0 Å². The number of nitrogens with zero attached hydrogens (tertiary/aromatic N) is 1. The molecule has 0 aromatic carbocycles. The number of methoxy groups -OCH3 is 1. The van der Waals surface area contributed by atoms with Gasteiger partial charge in [0.25, 0.3) is 0 Å². The van der Waals surface area contributed by atoms with Crippen molar-refractivity contribution in [3.8, 4) is 6.07 Å². The average Bonchev–Trinajstić information content (AvgIpc) is 2.94. The normalized spacial score (nSPS) is 48.7. The number of ether oxygens (including phenoxy) is 2. The minimum atomic E-state index is 0.169. The van der Waals surface area contributed by atoms with Crippen LogP contribution in [-0.2, 0) is 9.47 Å². The van der Waals surface area contributed by atoms with E-state index in [0.717, 1.165) is 29.7 Å². The first-order valence-corrected chi connectivity index (χ1v) is 10.2. The topological polar surface area (TPSA) is 42.2 Å². The van der Waals surface area contributed by atoms with E-state index in [2.05, 4.69) is 26.0 Å². The standard InChI is InChI=1S/C22H33NO2/c1-21-11-15-8-9-22(2)17(13-23)5-7-20(22)19(15)10-16(21)4-6-18(12-21)25-14-24-3/h5,15-16,18-20H,4,6-12,14H2,1-3H3/t15-,16+,18+,19-,20+,21-,22-/m0/s1. The van der Waals surface area contributed by atoms with Crippen molar-refractivity contribution >= 4 is 0 Å². The Hall–Kier alpha value is -0.850. The summed E-state index contributed by atoms with van der Waals surface area (Å²) in [6, 6.07) is 2.52. The molecule has 0 spiro atoms. The molecule has 0 N–H and O–H groups in total. The molecule has 0 aromatic rings. The first-order chi connectivity index (χ1) is 12.0. The maximum atomic E-state index is 9.55. The summed E-state index contributed by atoms with van der Waals surface area (Å²) in [5, 5.41) is 9.55. The van der Waals surface area contributed by atoms with E-state index in [-0.39, 0.29) is 5.41 Å². The van der Waals surface area contributed by atoms with Gasteiger partial charge >= 0.3 is 0 Å². The van der Waals surface area contributed by atoms with Gasteiger partial charge in [-0.25, -0.2) is 0 Å². The van der Waals surface area contributed by atoms with Crippen molar-refractivity contribution in [2.75, 3.05) is 13.9 Å². The Morgan fingerprint density at radius 1 is 1.24 bits per heavy atom. The second kappa shape index (κ2) is 6.39. The van der Waals surface area contributed by atoms with Crippen LogP contribution in [0, 0.1) is 45.8 Å². The lowest BCUT2D eigenvalue weighted by Crippen LogP contribution is -2.50. The Morgan fingerprint density at radius 3 is 2.84 bits per heavy atom. The minimum absolute atomic E-state index is 0.169. The SMILES string of the molecule is COCO[C@@H]1CC[C@@H]2C[C@H]3[C@@H](CC[C@@]4(C)C(C#N)=CC[C@H]34)C[C@@]2(C)C1. The molecular weight excluding hydrogens is 310 g/mol. The first kappa shape index (κ1) is 17.6. The van der Waals surface area contributed by atoms with Crippen LogP contribution in [0.2, 0.25) is 0 Å². The second-order valence-electron chi connectivity index (χ2n) is 9.72. The average molecular weight is 344 g/mol. The van der Waals surface area contributed by atoms with E-state index in [9.17, 15) is 5.26 Å². The van der Waals surface area contributed by atoms with Crippen molar-refractivity contribution in [3.63, 3.8) is 0 Å². The monoisotopic (exact) mass is 343 g/mol.